The van der Waals surface area contributed by atoms with E-state index >= 15 is 0 Å². The van der Waals surface area contributed by atoms with Crippen molar-refractivity contribution in [2.45, 2.75) is 32.2 Å². The lowest BCUT2D eigenvalue weighted by Crippen LogP contribution is -2.10. The molecule has 1 unspecified atom stereocenters. The van der Waals surface area contributed by atoms with Crippen molar-refractivity contribution < 1.29 is 9.53 Å². The average molecular weight is 231 g/mol. The number of nitrogens with one attached hydrogen (secondary N) is 1. The van der Waals surface area contributed by atoms with Crippen molar-refractivity contribution in [2.24, 2.45) is 0 Å². The van der Waals surface area contributed by atoms with Gasteiger partial charge in [-0.15, -0.1) is 0 Å². The first kappa shape index (κ1) is 10.8. The summed E-state index contributed by atoms with van der Waals surface area (Å²) in [4.78, 5) is 11.9. The number of carbonyl (C=O) groups excluding carboxylic acids is 1. The molecular formula is C14H17NO2. The third kappa shape index (κ3) is 1.65. The normalized spacial score (nSPS) is 21.2. The predicted molar refractivity (Wildman–Crippen MR) is 65.3 cm³/mol. The van der Waals surface area contributed by atoms with Crippen molar-refractivity contribution in [3.05, 3.63) is 33.9 Å². The lowest BCUT2D eigenvalue weighted by atomic mass is 9.92. The van der Waals surface area contributed by atoms with Crippen LogP contribution in [0.2, 0.25) is 0 Å². The van der Waals surface area contributed by atoms with Crippen molar-refractivity contribution >= 4 is 5.97 Å². The maximum absolute atomic E-state index is 11.9. The fourth-order valence-electron chi connectivity index (χ4n) is 2.90. The fourth-order valence-corrected chi connectivity index (χ4v) is 2.90. The maximum Gasteiger partial charge on any atom is 0.338 e. The molecule has 1 atom stereocenters. The highest BCUT2D eigenvalue weighted by molar-refractivity contribution is 5.94. The molecule has 3 nitrogen and oxygen atoms in total. The topological polar surface area (TPSA) is 48.2 Å². The van der Waals surface area contributed by atoms with Crippen molar-refractivity contribution in [3.63, 3.8) is 0 Å². The first-order valence-electron chi connectivity index (χ1n) is 6.19. The number of esters is 1. The van der Waals surface area contributed by atoms with Gasteiger partial charge in [0, 0.05) is 12.6 Å². The molecule has 1 aromatic rings. The van der Waals surface area contributed by atoms with Crippen molar-refractivity contribution in [3.8, 4) is 0 Å². The van der Waals surface area contributed by atoms with Gasteiger partial charge < -0.3 is 10.1 Å². The number of benzene rings is 1. The van der Waals surface area contributed by atoms with Gasteiger partial charge >= 0.3 is 5.97 Å². The minimum atomic E-state index is -0.178. The van der Waals surface area contributed by atoms with Gasteiger partial charge in [0.05, 0.1) is 12.7 Å². The second kappa shape index (κ2) is 3.84. The third-order valence-corrected chi connectivity index (χ3v) is 3.87. The molecule has 1 aliphatic heterocycles. The van der Waals surface area contributed by atoms with E-state index in [0.717, 1.165) is 36.9 Å². The lowest BCUT2D eigenvalue weighted by Gasteiger charge is -2.14. The van der Waals surface area contributed by atoms with Crippen molar-refractivity contribution in [1.29, 1.82) is 0 Å². The predicted octanol–water partition coefficient (Wildman–Crippen LogP) is 1.91. The van der Waals surface area contributed by atoms with Crippen molar-refractivity contribution in [2.75, 3.05) is 13.7 Å². The molecule has 3 rings (SSSR count). The third-order valence-electron chi connectivity index (χ3n) is 3.87. The molecule has 0 saturated carbocycles. The van der Waals surface area contributed by atoms with Crippen LogP contribution in [0.4, 0.5) is 0 Å². The number of fused-ring (bicyclic) bond motifs is 1. The average Bonchev–Trinajstić information content (AvgIpc) is 3.07. The number of methoxy groups -OCH3 is 1. The Kier molecular flexibility index (Phi) is 2.44. The van der Waals surface area contributed by atoms with Crippen LogP contribution in [0, 0.1) is 6.92 Å². The Morgan fingerprint density at radius 2 is 2.24 bits per heavy atom. The standard InChI is InChI=1S/C14H17NO2/c1-8-11(12-7-15-12)6-9-4-3-5-10(9)13(8)14(16)17-2/h6,12,15H,3-5,7H2,1-2H3. The van der Waals surface area contributed by atoms with Crippen LogP contribution in [-0.2, 0) is 17.6 Å². The molecule has 2 aliphatic rings. The minimum Gasteiger partial charge on any atom is -0.465 e. The summed E-state index contributed by atoms with van der Waals surface area (Å²) in [6.45, 7) is 3.07. The van der Waals surface area contributed by atoms with Crippen molar-refractivity contribution in [1.82, 2.24) is 5.32 Å². The van der Waals surface area contributed by atoms with Gasteiger partial charge in [-0.2, -0.15) is 0 Å². The summed E-state index contributed by atoms with van der Waals surface area (Å²) in [5.74, 6) is -0.178. The molecule has 0 radical (unpaired) electrons. The quantitative estimate of drug-likeness (QED) is 0.625. The summed E-state index contributed by atoms with van der Waals surface area (Å²) in [6, 6.07) is 2.73. The van der Waals surface area contributed by atoms with Gasteiger partial charge in [-0.25, -0.2) is 4.79 Å². The molecule has 1 aliphatic carbocycles. The molecule has 0 spiro atoms. The summed E-state index contributed by atoms with van der Waals surface area (Å²) in [6.07, 6.45) is 3.26. The molecule has 17 heavy (non-hydrogen) atoms. The van der Waals surface area contributed by atoms with Gasteiger partial charge in [0.25, 0.3) is 0 Å². The lowest BCUT2D eigenvalue weighted by molar-refractivity contribution is 0.0598. The Balaban J connectivity index is 2.19. The number of ether oxygens (including phenoxy) is 1. The first-order valence-corrected chi connectivity index (χ1v) is 6.19. The van der Waals surface area contributed by atoms with E-state index in [1.165, 1.54) is 23.8 Å². The largest absolute Gasteiger partial charge is 0.465 e. The molecule has 1 fully saturated rings. The molecule has 1 aromatic carbocycles. The SMILES string of the molecule is COC(=O)c1c(C)c(C2CN2)cc2c1CCC2. The molecule has 1 saturated heterocycles. The summed E-state index contributed by atoms with van der Waals surface area (Å²) in [5.41, 5.74) is 5.78. The highest BCUT2D eigenvalue weighted by Gasteiger charge is 2.30. The van der Waals surface area contributed by atoms with Gasteiger partial charge in [0.2, 0.25) is 0 Å². The number of rotatable bonds is 2. The molecule has 0 bridgehead atoms. The van der Waals surface area contributed by atoms with Gasteiger partial charge in [0.15, 0.2) is 0 Å². The van der Waals surface area contributed by atoms with Gasteiger partial charge in [-0.05, 0) is 48.4 Å². The van der Waals surface area contributed by atoms with Gasteiger partial charge in [0.1, 0.15) is 0 Å². The van der Waals surface area contributed by atoms with Crippen LogP contribution in [0.1, 0.15) is 45.1 Å². The zero-order valence-corrected chi connectivity index (χ0v) is 10.3. The van der Waals surface area contributed by atoms with Gasteiger partial charge in [-0.3, -0.25) is 0 Å². The molecule has 1 N–H and O–H groups in total. The molecule has 0 aromatic heterocycles. The second-order valence-electron chi connectivity index (χ2n) is 4.91. The Bertz CT molecular complexity index is 489. The van der Waals surface area contributed by atoms with Crippen LogP contribution in [0.5, 0.6) is 0 Å². The van der Waals surface area contributed by atoms with Crippen LogP contribution >= 0.6 is 0 Å². The summed E-state index contributed by atoms with van der Waals surface area (Å²) >= 11 is 0. The molecule has 1 heterocycles. The van der Waals surface area contributed by atoms with Crippen LogP contribution in [0.15, 0.2) is 6.07 Å². The smallest absolute Gasteiger partial charge is 0.338 e. The number of aryl methyl sites for hydroxylation is 1. The summed E-state index contributed by atoms with van der Waals surface area (Å²) < 4.78 is 4.94. The monoisotopic (exact) mass is 231 g/mol. The van der Waals surface area contributed by atoms with Crippen LogP contribution in [-0.4, -0.2) is 19.6 Å². The van der Waals surface area contributed by atoms with E-state index in [-0.39, 0.29) is 5.97 Å². The first-order chi connectivity index (χ1) is 8.22. The summed E-state index contributed by atoms with van der Waals surface area (Å²) in [7, 11) is 1.46. The molecular weight excluding hydrogens is 214 g/mol. The Hall–Kier alpha value is -1.35. The van der Waals surface area contributed by atoms with E-state index in [2.05, 4.69) is 11.4 Å². The van der Waals surface area contributed by atoms with E-state index in [9.17, 15) is 4.79 Å². The Morgan fingerprint density at radius 3 is 2.88 bits per heavy atom. The van der Waals surface area contributed by atoms with E-state index < -0.39 is 0 Å². The number of carbonyl (C=O) groups is 1. The highest BCUT2D eigenvalue weighted by Crippen LogP contribution is 2.35. The van der Waals surface area contributed by atoms with Crippen LogP contribution < -0.4 is 5.32 Å². The van der Waals surface area contributed by atoms with Crippen LogP contribution in [0.3, 0.4) is 0 Å². The summed E-state index contributed by atoms with van der Waals surface area (Å²) in [5, 5.41) is 3.31. The zero-order valence-electron chi connectivity index (χ0n) is 10.3. The fraction of sp³-hybridized carbons (Fsp3) is 0.500. The molecule has 90 valence electrons. The number of hydrogen-bond acceptors (Lipinski definition) is 3. The maximum atomic E-state index is 11.9. The minimum absolute atomic E-state index is 0.178. The molecule has 3 heteroatoms. The van der Waals surface area contributed by atoms with Gasteiger partial charge in [-0.1, -0.05) is 6.07 Å². The van der Waals surface area contributed by atoms with E-state index in [1.54, 1.807) is 0 Å². The van der Waals surface area contributed by atoms with E-state index in [1.807, 2.05) is 6.92 Å². The Morgan fingerprint density at radius 1 is 1.47 bits per heavy atom. The van der Waals surface area contributed by atoms with E-state index in [0.29, 0.717) is 6.04 Å². The second-order valence-corrected chi connectivity index (χ2v) is 4.91. The highest BCUT2D eigenvalue weighted by atomic mass is 16.5. The molecule has 0 amide bonds. The van der Waals surface area contributed by atoms with E-state index in [4.69, 9.17) is 4.74 Å². The van der Waals surface area contributed by atoms with Crippen LogP contribution in [0.25, 0.3) is 0 Å². The number of hydrogen-bond donors (Lipinski definition) is 1. The zero-order chi connectivity index (χ0) is 12.0. The Labute approximate surface area is 101 Å².